The van der Waals surface area contributed by atoms with Gasteiger partial charge in [0.05, 0.1) is 5.56 Å². The van der Waals surface area contributed by atoms with E-state index in [4.69, 9.17) is 0 Å². The van der Waals surface area contributed by atoms with E-state index in [1.165, 1.54) is 11.6 Å². The van der Waals surface area contributed by atoms with Crippen LogP contribution in [-0.2, 0) is 25.7 Å². The number of anilines is 2. The number of hydrogen-bond acceptors (Lipinski definition) is 5. The zero-order valence-corrected chi connectivity index (χ0v) is 25.0. The normalized spacial score (nSPS) is 16.2. The van der Waals surface area contributed by atoms with Gasteiger partial charge in [-0.1, -0.05) is 37.3 Å². The molecule has 3 heterocycles. The van der Waals surface area contributed by atoms with Crippen LogP contribution >= 0.6 is 0 Å². The fraction of sp³-hybridized carbons (Fsp3) is 0.353. The quantitative estimate of drug-likeness (QED) is 0.258. The van der Waals surface area contributed by atoms with Gasteiger partial charge in [0.15, 0.2) is 0 Å². The highest BCUT2D eigenvalue weighted by Crippen LogP contribution is 2.35. The number of likely N-dealkylation sites (N-methyl/N-ethyl adjacent to an activating group) is 1. The number of fused-ring (bicyclic) bond motifs is 2. The van der Waals surface area contributed by atoms with E-state index in [0.717, 1.165) is 72.1 Å². The highest BCUT2D eigenvalue weighted by atomic mass is 19.4. The highest BCUT2D eigenvalue weighted by molar-refractivity contribution is 5.90. The molecule has 6 rings (SSSR count). The highest BCUT2D eigenvalue weighted by Gasteiger charge is 2.34. The first-order valence-corrected chi connectivity index (χ1v) is 15.1. The summed E-state index contributed by atoms with van der Waals surface area (Å²) in [5.41, 5.74) is 3.96. The number of halogens is 3. The first-order valence-electron chi connectivity index (χ1n) is 15.1. The molecule has 44 heavy (non-hydrogen) atoms. The molecule has 0 spiro atoms. The monoisotopic (exact) mass is 602 g/mol. The minimum Gasteiger partial charge on any atom is -0.373 e. The predicted octanol–water partition coefficient (Wildman–Crippen LogP) is 6.69. The number of nitrogens with zero attached hydrogens (tertiary/aromatic N) is 4. The lowest BCUT2D eigenvalue weighted by Gasteiger charge is -2.34. The lowest BCUT2D eigenvalue weighted by molar-refractivity contribution is -0.138. The Bertz CT molecular complexity index is 1670. The first kappa shape index (κ1) is 29.9. The summed E-state index contributed by atoms with van der Waals surface area (Å²) in [7, 11) is 1.84. The van der Waals surface area contributed by atoms with Gasteiger partial charge in [0.1, 0.15) is 5.82 Å². The number of amides is 2. The van der Waals surface area contributed by atoms with Crippen LogP contribution in [0.25, 0.3) is 21.9 Å². The number of alkyl halides is 3. The number of pyridine rings is 1. The van der Waals surface area contributed by atoms with Crippen molar-refractivity contribution in [3.05, 3.63) is 89.1 Å². The van der Waals surface area contributed by atoms with Gasteiger partial charge < -0.3 is 20.4 Å². The van der Waals surface area contributed by atoms with Gasteiger partial charge in [0.2, 0.25) is 0 Å². The van der Waals surface area contributed by atoms with Crippen LogP contribution in [0.15, 0.2) is 66.9 Å². The van der Waals surface area contributed by atoms with Gasteiger partial charge in [-0.2, -0.15) is 13.2 Å². The van der Waals surface area contributed by atoms with Crippen LogP contribution in [0.5, 0.6) is 0 Å². The summed E-state index contributed by atoms with van der Waals surface area (Å²) in [5.74, 6) is 0.809. The van der Waals surface area contributed by atoms with Crippen LogP contribution in [0.4, 0.5) is 29.5 Å². The van der Waals surface area contributed by atoms with E-state index in [-0.39, 0.29) is 17.8 Å². The van der Waals surface area contributed by atoms with Crippen LogP contribution in [0.1, 0.15) is 29.2 Å². The van der Waals surface area contributed by atoms with E-state index in [2.05, 4.69) is 68.7 Å². The standard InChI is InChI=1S/C34H37F3N6O/c1-3-41-12-14-42(15-13-41)21-27-8-9-30(19-31(27)34(35,36)37)40-33(44)43-11-10-23-4-5-25(17-29(23)22-43)24-6-7-26-18-32(38-2)39-20-28(26)16-24/h4-9,16-20H,3,10-15,21-22H2,1-2H3,(H,38,39)(H,40,44). The molecular formula is C34H37F3N6O. The Labute approximate surface area is 255 Å². The number of piperazine rings is 1. The fourth-order valence-corrected chi connectivity index (χ4v) is 6.13. The molecule has 1 saturated heterocycles. The molecule has 4 aromatic rings. The Kier molecular flexibility index (Phi) is 8.46. The number of carbonyl (C=O) groups is 1. The van der Waals surface area contributed by atoms with Crippen LogP contribution in [0.3, 0.4) is 0 Å². The summed E-state index contributed by atoms with van der Waals surface area (Å²) < 4.78 is 42.3. The van der Waals surface area contributed by atoms with Gasteiger partial charge in [0.25, 0.3) is 0 Å². The zero-order valence-electron chi connectivity index (χ0n) is 25.0. The molecule has 2 N–H and O–H groups in total. The lowest BCUT2D eigenvalue weighted by Crippen LogP contribution is -2.45. The van der Waals surface area contributed by atoms with Gasteiger partial charge in [-0.3, -0.25) is 4.90 Å². The van der Waals surface area contributed by atoms with Crippen molar-refractivity contribution >= 4 is 28.3 Å². The molecule has 2 aliphatic heterocycles. The molecule has 0 unspecified atom stereocenters. The number of aromatic nitrogens is 1. The third-order valence-corrected chi connectivity index (χ3v) is 8.79. The molecule has 2 aliphatic rings. The number of benzene rings is 3. The maximum Gasteiger partial charge on any atom is 0.416 e. The van der Waals surface area contributed by atoms with E-state index < -0.39 is 17.8 Å². The van der Waals surface area contributed by atoms with Crippen LogP contribution in [-0.4, -0.2) is 72.0 Å². The Morgan fingerprint density at radius 1 is 0.864 bits per heavy atom. The van der Waals surface area contributed by atoms with Crippen molar-refractivity contribution in [3.8, 4) is 11.1 Å². The average Bonchev–Trinajstić information content (AvgIpc) is 3.04. The van der Waals surface area contributed by atoms with Crippen molar-refractivity contribution in [1.82, 2.24) is 19.7 Å². The Morgan fingerprint density at radius 3 is 2.36 bits per heavy atom. The van der Waals surface area contributed by atoms with E-state index in [0.29, 0.717) is 19.5 Å². The third-order valence-electron chi connectivity index (χ3n) is 8.79. The topological polar surface area (TPSA) is 63.7 Å². The minimum absolute atomic E-state index is 0.146. The Balaban J connectivity index is 1.15. The molecule has 230 valence electrons. The Morgan fingerprint density at radius 2 is 1.61 bits per heavy atom. The second-order valence-electron chi connectivity index (χ2n) is 11.5. The maximum atomic E-state index is 14.1. The minimum atomic E-state index is -4.52. The molecule has 0 aliphatic carbocycles. The van der Waals surface area contributed by atoms with E-state index in [1.54, 1.807) is 11.0 Å². The van der Waals surface area contributed by atoms with Crippen molar-refractivity contribution < 1.29 is 18.0 Å². The van der Waals surface area contributed by atoms with Crippen molar-refractivity contribution in [2.75, 3.05) is 56.9 Å². The van der Waals surface area contributed by atoms with Gasteiger partial charge in [0, 0.05) is 70.1 Å². The predicted molar refractivity (Wildman–Crippen MR) is 169 cm³/mol. The zero-order chi connectivity index (χ0) is 30.8. The molecule has 0 bridgehead atoms. The van der Waals surface area contributed by atoms with E-state index in [9.17, 15) is 18.0 Å². The van der Waals surface area contributed by atoms with Gasteiger partial charge in [-0.25, -0.2) is 9.78 Å². The summed E-state index contributed by atoms with van der Waals surface area (Å²) in [4.78, 5) is 23.7. The molecule has 2 amide bonds. The molecule has 0 atom stereocenters. The van der Waals surface area contributed by atoms with Gasteiger partial charge in [-0.05, 0) is 76.5 Å². The van der Waals surface area contributed by atoms with Crippen LogP contribution in [0, 0.1) is 0 Å². The molecule has 1 fully saturated rings. The number of rotatable bonds is 6. The van der Waals surface area contributed by atoms with Crippen LogP contribution < -0.4 is 10.6 Å². The van der Waals surface area contributed by atoms with Crippen molar-refractivity contribution in [2.24, 2.45) is 0 Å². The molecule has 0 saturated carbocycles. The fourth-order valence-electron chi connectivity index (χ4n) is 6.13. The van der Waals surface area contributed by atoms with Crippen LogP contribution in [0.2, 0.25) is 0 Å². The summed E-state index contributed by atoms with van der Waals surface area (Å²) in [5, 5.41) is 7.91. The number of carbonyl (C=O) groups excluding carboxylic acids is 1. The Hall–Kier alpha value is -4.15. The SMILES string of the molecule is CCN1CCN(Cc2ccc(NC(=O)N3CCc4ccc(-c5ccc6cc(NC)ncc6c5)cc4C3)cc2C(F)(F)F)CC1. The maximum absolute atomic E-state index is 14.1. The first-order chi connectivity index (χ1) is 21.2. The number of nitrogens with one attached hydrogen (secondary N) is 2. The summed E-state index contributed by atoms with van der Waals surface area (Å²) in [6.45, 7) is 7.30. The van der Waals surface area contributed by atoms with Gasteiger partial charge in [-0.15, -0.1) is 0 Å². The molecular weight excluding hydrogens is 565 g/mol. The summed E-state index contributed by atoms with van der Waals surface area (Å²) in [6.07, 6.45) is -2.00. The number of hydrogen-bond donors (Lipinski definition) is 2. The lowest BCUT2D eigenvalue weighted by atomic mass is 9.94. The van der Waals surface area contributed by atoms with Crippen molar-refractivity contribution in [1.29, 1.82) is 0 Å². The van der Waals surface area contributed by atoms with Crippen molar-refractivity contribution in [3.63, 3.8) is 0 Å². The molecule has 0 radical (unpaired) electrons. The van der Waals surface area contributed by atoms with E-state index in [1.807, 2.05) is 19.3 Å². The second kappa shape index (κ2) is 12.5. The second-order valence-corrected chi connectivity index (χ2v) is 11.5. The van der Waals surface area contributed by atoms with Crippen molar-refractivity contribution in [2.45, 2.75) is 32.6 Å². The molecule has 10 heteroatoms. The van der Waals surface area contributed by atoms with E-state index >= 15 is 0 Å². The number of urea groups is 1. The summed E-state index contributed by atoms with van der Waals surface area (Å²) in [6, 6.07) is 18.3. The molecule has 7 nitrogen and oxygen atoms in total. The smallest absolute Gasteiger partial charge is 0.373 e. The molecule has 3 aromatic carbocycles. The largest absolute Gasteiger partial charge is 0.416 e. The summed E-state index contributed by atoms with van der Waals surface area (Å²) >= 11 is 0. The average molecular weight is 603 g/mol. The van der Waals surface area contributed by atoms with Gasteiger partial charge >= 0.3 is 12.2 Å². The third kappa shape index (κ3) is 6.51. The molecule has 1 aromatic heterocycles.